The molecule has 0 saturated heterocycles. The number of aromatic nitrogens is 2. The minimum atomic E-state index is -3.87. The summed E-state index contributed by atoms with van der Waals surface area (Å²) in [6.07, 6.45) is 0. The van der Waals surface area contributed by atoms with Crippen LogP contribution in [0.5, 0.6) is 0 Å². The summed E-state index contributed by atoms with van der Waals surface area (Å²) >= 11 is 2.64. The van der Waals surface area contributed by atoms with Gasteiger partial charge in [0.25, 0.3) is 10.0 Å². The molecular weight excluding hydrogens is 358 g/mol. The Kier molecular flexibility index (Phi) is 5.60. The molecule has 0 aliphatic heterocycles. The number of aryl methyl sites for hydroxylation is 1. The van der Waals surface area contributed by atoms with Gasteiger partial charge in [-0.15, -0.1) is 10.2 Å². The second-order valence-electron chi connectivity index (χ2n) is 4.38. The minimum Gasteiger partial charge on any atom is -0.465 e. The van der Waals surface area contributed by atoms with E-state index >= 15 is 0 Å². The third-order valence-corrected chi connectivity index (χ3v) is 6.26. The maximum absolute atomic E-state index is 12.5. The number of esters is 1. The Hall–Kier alpha value is -1.65. The molecule has 1 heterocycles. The minimum absolute atomic E-state index is 0.000273. The number of ether oxygens (including phenoxy) is 1. The lowest BCUT2D eigenvalue weighted by atomic mass is 10.1. The van der Waals surface area contributed by atoms with Crippen LogP contribution in [0.1, 0.15) is 22.8 Å². The van der Waals surface area contributed by atoms with Gasteiger partial charge in [0, 0.05) is 0 Å². The number of rotatable bonds is 6. The highest BCUT2D eigenvalue weighted by atomic mass is 32.2. The number of hydrogen-bond donors (Lipinski definition) is 1. The second kappa shape index (κ2) is 7.28. The number of benzene rings is 1. The second-order valence-corrected chi connectivity index (χ2v) is 8.52. The predicted molar refractivity (Wildman–Crippen MR) is 89.6 cm³/mol. The van der Waals surface area contributed by atoms with Gasteiger partial charge >= 0.3 is 5.97 Å². The maximum atomic E-state index is 12.5. The van der Waals surface area contributed by atoms with Crippen molar-refractivity contribution in [2.45, 2.75) is 23.1 Å². The Balaban J connectivity index is 2.32. The first-order valence-corrected chi connectivity index (χ1v) is 9.84. The highest BCUT2D eigenvalue weighted by Gasteiger charge is 2.21. The molecule has 0 radical (unpaired) electrons. The smallest absolute Gasteiger partial charge is 0.337 e. The number of hydrogen-bond acceptors (Lipinski definition) is 8. The van der Waals surface area contributed by atoms with E-state index in [0.717, 1.165) is 17.1 Å². The van der Waals surface area contributed by atoms with E-state index < -0.39 is 16.0 Å². The molecule has 124 valence electrons. The zero-order valence-electron chi connectivity index (χ0n) is 12.7. The monoisotopic (exact) mass is 373 g/mol. The van der Waals surface area contributed by atoms with Crippen LogP contribution in [0.3, 0.4) is 0 Å². The summed E-state index contributed by atoms with van der Waals surface area (Å²) in [5.41, 5.74) is 0.677. The molecule has 2 rings (SSSR count). The lowest BCUT2D eigenvalue weighted by Gasteiger charge is -2.09. The molecule has 0 fully saturated rings. The summed E-state index contributed by atoms with van der Waals surface area (Å²) in [6, 6.07) is 4.35. The summed E-state index contributed by atoms with van der Waals surface area (Å²) < 4.78 is 32.7. The Bertz CT molecular complexity index is 818. The third-order valence-electron chi connectivity index (χ3n) is 2.79. The van der Waals surface area contributed by atoms with Crippen molar-refractivity contribution < 1.29 is 17.9 Å². The van der Waals surface area contributed by atoms with Crippen LogP contribution in [0.4, 0.5) is 5.13 Å². The van der Waals surface area contributed by atoms with E-state index in [9.17, 15) is 13.2 Å². The maximum Gasteiger partial charge on any atom is 0.337 e. The topological polar surface area (TPSA) is 98.3 Å². The molecule has 0 atom stereocenters. The average molecular weight is 373 g/mol. The zero-order chi connectivity index (χ0) is 17.0. The van der Waals surface area contributed by atoms with Gasteiger partial charge < -0.3 is 4.74 Å². The van der Waals surface area contributed by atoms with Gasteiger partial charge in [-0.25, -0.2) is 13.2 Å². The number of nitrogens with zero attached hydrogens (tertiary/aromatic N) is 2. The van der Waals surface area contributed by atoms with E-state index in [2.05, 4.69) is 19.7 Å². The average Bonchev–Trinajstić information content (AvgIpc) is 2.93. The van der Waals surface area contributed by atoms with Gasteiger partial charge in [0.15, 0.2) is 4.34 Å². The molecule has 0 aliphatic carbocycles. The van der Waals surface area contributed by atoms with Crippen molar-refractivity contribution in [3.63, 3.8) is 0 Å². The first-order chi connectivity index (χ1) is 10.9. The number of anilines is 1. The van der Waals surface area contributed by atoms with Crippen LogP contribution < -0.4 is 4.72 Å². The molecule has 1 N–H and O–H groups in total. The molecule has 10 heteroatoms. The van der Waals surface area contributed by atoms with Gasteiger partial charge in [0.2, 0.25) is 5.13 Å². The van der Waals surface area contributed by atoms with Gasteiger partial charge in [-0.1, -0.05) is 36.1 Å². The molecule has 7 nitrogen and oxygen atoms in total. The molecule has 0 saturated carbocycles. The summed E-state index contributed by atoms with van der Waals surface area (Å²) in [5, 5.41) is 7.89. The van der Waals surface area contributed by atoms with E-state index in [-0.39, 0.29) is 15.6 Å². The van der Waals surface area contributed by atoms with Gasteiger partial charge in [-0.2, -0.15) is 0 Å². The molecule has 0 unspecified atom stereocenters. The Labute approximate surface area is 142 Å². The van der Waals surface area contributed by atoms with Crippen molar-refractivity contribution in [1.29, 1.82) is 0 Å². The number of sulfonamides is 1. The summed E-state index contributed by atoms with van der Waals surface area (Å²) in [4.78, 5) is 11.6. The lowest BCUT2D eigenvalue weighted by molar-refractivity contribution is 0.0600. The molecule has 23 heavy (non-hydrogen) atoms. The van der Waals surface area contributed by atoms with Crippen molar-refractivity contribution in [2.75, 3.05) is 17.6 Å². The van der Waals surface area contributed by atoms with Crippen LogP contribution in [-0.4, -0.2) is 37.4 Å². The van der Waals surface area contributed by atoms with E-state index in [1.807, 2.05) is 6.92 Å². The Morgan fingerprint density at radius 2 is 2.13 bits per heavy atom. The molecule has 0 spiro atoms. The van der Waals surface area contributed by atoms with E-state index in [0.29, 0.717) is 9.90 Å². The molecule has 0 aliphatic rings. The fraction of sp³-hybridized carbons (Fsp3) is 0.308. The largest absolute Gasteiger partial charge is 0.465 e. The van der Waals surface area contributed by atoms with Crippen molar-refractivity contribution in [3.05, 3.63) is 29.3 Å². The van der Waals surface area contributed by atoms with Crippen molar-refractivity contribution in [3.8, 4) is 0 Å². The third kappa shape index (κ3) is 4.21. The first kappa shape index (κ1) is 17.7. The van der Waals surface area contributed by atoms with Crippen LogP contribution in [0.15, 0.2) is 27.4 Å². The van der Waals surface area contributed by atoms with Crippen LogP contribution in [0.25, 0.3) is 0 Å². The Morgan fingerprint density at radius 1 is 1.39 bits per heavy atom. The van der Waals surface area contributed by atoms with Crippen molar-refractivity contribution in [2.24, 2.45) is 0 Å². The number of methoxy groups -OCH3 is 1. The molecule has 2 aromatic rings. The van der Waals surface area contributed by atoms with Crippen LogP contribution in [0.2, 0.25) is 0 Å². The molecule has 1 aromatic carbocycles. The van der Waals surface area contributed by atoms with Gasteiger partial charge in [0.1, 0.15) is 0 Å². The summed E-state index contributed by atoms with van der Waals surface area (Å²) in [6.45, 7) is 3.62. The molecular formula is C13H15N3O4S3. The van der Waals surface area contributed by atoms with Gasteiger partial charge in [-0.3, -0.25) is 4.72 Å². The lowest BCUT2D eigenvalue weighted by Crippen LogP contribution is -2.15. The first-order valence-electron chi connectivity index (χ1n) is 6.55. The summed E-state index contributed by atoms with van der Waals surface area (Å²) in [7, 11) is -2.63. The van der Waals surface area contributed by atoms with Gasteiger partial charge in [-0.05, 0) is 30.4 Å². The predicted octanol–water partition coefficient (Wildman–Crippen LogP) is 2.55. The van der Waals surface area contributed by atoms with Crippen LogP contribution in [0, 0.1) is 6.92 Å². The number of thioether (sulfide) groups is 1. The van der Waals surface area contributed by atoms with E-state index in [4.69, 9.17) is 0 Å². The Morgan fingerprint density at radius 3 is 2.78 bits per heavy atom. The number of nitrogens with one attached hydrogen (secondary N) is 1. The van der Waals surface area contributed by atoms with Crippen LogP contribution >= 0.6 is 23.1 Å². The summed E-state index contributed by atoms with van der Waals surface area (Å²) in [5.74, 6) is 0.223. The van der Waals surface area contributed by atoms with Crippen LogP contribution in [-0.2, 0) is 14.8 Å². The highest BCUT2D eigenvalue weighted by molar-refractivity contribution is 8.01. The van der Waals surface area contributed by atoms with E-state index in [1.165, 1.54) is 31.0 Å². The molecule has 1 aromatic heterocycles. The van der Waals surface area contributed by atoms with Gasteiger partial charge in [0.05, 0.1) is 17.6 Å². The van der Waals surface area contributed by atoms with Crippen molar-refractivity contribution in [1.82, 2.24) is 10.2 Å². The number of carbonyl (C=O) groups excluding carboxylic acids is 1. The zero-order valence-corrected chi connectivity index (χ0v) is 15.1. The molecule has 0 amide bonds. The van der Waals surface area contributed by atoms with E-state index in [1.54, 1.807) is 13.0 Å². The number of carbonyl (C=O) groups is 1. The SMILES string of the molecule is CCSc1nnc(NS(=O)(=O)c2cc(C(=O)OC)ccc2C)s1. The normalized spacial score (nSPS) is 11.3. The molecule has 0 bridgehead atoms. The quantitative estimate of drug-likeness (QED) is 0.614. The van der Waals surface area contributed by atoms with Crippen molar-refractivity contribution >= 4 is 44.2 Å². The fourth-order valence-corrected chi connectivity index (χ4v) is 4.89. The fourth-order valence-electron chi connectivity index (χ4n) is 1.74. The highest BCUT2D eigenvalue weighted by Crippen LogP contribution is 2.27. The standard InChI is InChI=1S/C13H15N3O4S3/c1-4-21-13-15-14-12(22-13)16-23(18,19)10-7-9(11(17)20-3)6-5-8(10)2/h5-7H,4H2,1-3H3,(H,14,16).